The number of aryl methyl sites for hydroxylation is 1. The maximum absolute atomic E-state index is 6.00. The molecule has 3 unspecified atom stereocenters. The summed E-state index contributed by atoms with van der Waals surface area (Å²) in [5.74, 6) is 2.81. The molecule has 3 atom stereocenters. The summed E-state index contributed by atoms with van der Waals surface area (Å²) < 4.78 is 6.00. The Balaban J connectivity index is 1.99. The number of hydrogen-bond acceptors (Lipinski definition) is 2. The van der Waals surface area contributed by atoms with Gasteiger partial charge in [-0.25, -0.2) is 4.98 Å². The zero-order valence-electron chi connectivity index (χ0n) is 11.4. The molecule has 0 spiro atoms. The Kier molecular flexibility index (Phi) is 4.50. The van der Waals surface area contributed by atoms with Gasteiger partial charge in [0.2, 0.25) is 5.88 Å². The minimum atomic E-state index is 0.324. The van der Waals surface area contributed by atoms with E-state index in [9.17, 15) is 0 Å². The van der Waals surface area contributed by atoms with Crippen LogP contribution in [0.5, 0.6) is 5.88 Å². The summed E-state index contributed by atoms with van der Waals surface area (Å²) in [6.07, 6.45) is 3.86. The predicted octanol–water partition coefficient (Wildman–Crippen LogP) is 4.33. The summed E-state index contributed by atoms with van der Waals surface area (Å²) in [7, 11) is 0. The summed E-state index contributed by atoms with van der Waals surface area (Å²) in [6.45, 7) is 6.63. The van der Waals surface area contributed by atoms with Crippen LogP contribution in [0.4, 0.5) is 0 Å². The van der Waals surface area contributed by atoms with Crippen molar-refractivity contribution in [1.82, 2.24) is 4.98 Å². The summed E-state index contributed by atoms with van der Waals surface area (Å²) in [4.78, 5) is 4.48. The second-order valence-corrected chi connectivity index (χ2v) is 5.80. The number of nitrogens with zero attached hydrogens (tertiary/aromatic N) is 1. The molecule has 2 rings (SSSR count). The van der Waals surface area contributed by atoms with Gasteiger partial charge < -0.3 is 4.74 Å². The van der Waals surface area contributed by atoms with E-state index < -0.39 is 0 Å². The fraction of sp³-hybridized carbons (Fsp3) is 0.667. The summed E-state index contributed by atoms with van der Waals surface area (Å²) in [5, 5.41) is 0. The molecule has 18 heavy (non-hydrogen) atoms. The summed E-state index contributed by atoms with van der Waals surface area (Å²) in [6, 6.07) is 3.95. The van der Waals surface area contributed by atoms with E-state index in [1.165, 1.54) is 6.42 Å². The average Bonchev–Trinajstić information content (AvgIpc) is 2.34. The zero-order valence-corrected chi connectivity index (χ0v) is 12.2. The van der Waals surface area contributed by atoms with Crippen LogP contribution in [0.1, 0.15) is 44.4 Å². The second kappa shape index (κ2) is 5.92. The molecule has 1 aromatic rings. The van der Waals surface area contributed by atoms with Crippen LogP contribution in [0.3, 0.4) is 0 Å². The first-order valence-corrected chi connectivity index (χ1v) is 7.32. The van der Waals surface area contributed by atoms with Crippen molar-refractivity contribution in [3.63, 3.8) is 0 Å². The van der Waals surface area contributed by atoms with Crippen LogP contribution in [-0.4, -0.2) is 11.1 Å². The van der Waals surface area contributed by atoms with Crippen LogP contribution < -0.4 is 4.74 Å². The Morgan fingerprint density at radius 2 is 2.06 bits per heavy atom. The van der Waals surface area contributed by atoms with E-state index in [0.717, 1.165) is 41.8 Å². The lowest BCUT2D eigenvalue weighted by molar-refractivity contribution is 0.0963. The molecule has 0 N–H and O–H groups in total. The van der Waals surface area contributed by atoms with Gasteiger partial charge in [0.1, 0.15) is 6.10 Å². The molecule has 1 aliphatic carbocycles. The molecule has 1 heterocycles. The molecule has 1 aliphatic rings. The van der Waals surface area contributed by atoms with Crippen molar-refractivity contribution in [2.24, 2.45) is 11.8 Å². The van der Waals surface area contributed by atoms with Gasteiger partial charge in [-0.1, -0.05) is 19.9 Å². The van der Waals surface area contributed by atoms with E-state index >= 15 is 0 Å². The highest BCUT2D eigenvalue weighted by molar-refractivity contribution is 6.17. The van der Waals surface area contributed by atoms with Gasteiger partial charge in [0, 0.05) is 17.6 Å². The van der Waals surface area contributed by atoms with Gasteiger partial charge in [-0.3, -0.25) is 0 Å². The van der Waals surface area contributed by atoms with Crippen molar-refractivity contribution in [3.8, 4) is 5.88 Å². The minimum absolute atomic E-state index is 0.324. The third kappa shape index (κ3) is 3.17. The van der Waals surface area contributed by atoms with E-state index in [0.29, 0.717) is 12.0 Å². The monoisotopic (exact) mass is 267 g/mol. The fourth-order valence-corrected chi connectivity index (χ4v) is 2.83. The quantitative estimate of drug-likeness (QED) is 0.761. The summed E-state index contributed by atoms with van der Waals surface area (Å²) in [5.41, 5.74) is 2.05. The lowest BCUT2D eigenvalue weighted by Gasteiger charge is -2.32. The number of halogens is 1. The molecule has 1 aromatic heterocycles. The molecule has 0 bridgehead atoms. The Labute approximate surface area is 115 Å². The molecule has 3 heteroatoms. The number of ether oxygens (including phenoxy) is 1. The number of pyridine rings is 1. The van der Waals surface area contributed by atoms with E-state index in [1.807, 2.05) is 19.1 Å². The van der Waals surface area contributed by atoms with Crippen LogP contribution in [-0.2, 0) is 5.88 Å². The standard InChI is InChI=1S/C15H22ClNO/c1-10-4-6-14(8-11(10)2)18-15-7-5-13(9-16)12(3)17-15/h5,7,10-11,14H,4,6,8-9H2,1-3H3. The van der Waals surface area contributed by atoms with Gasteiger partial charge in [0.25, 0.3) is 0 Å². The molecule has 1 saturated carbocycles. The maximum atomic E-state index is 6.00. The van der Waals surface area contributed by atoms with Gasteiger partial charge in [-0.2, -0.15) is 0 Å². The molecule has 2 nitrogen and oxygen atoms in total. The first-order valence-electron chi connectivity index (χ1n) is 6.79. The topological polar surface area (TPSA) is 22.1 Å². The normalized spacial score (nSPS) is 28.1. The highest BCUT2D eigenvalue weighted by Gasteiger charge is 2.25. The highest BCUT2D eigenvalue weighted by atomic mass is 35.5. The lowest BCUT2D eigenvalue weighted by atomic mass is 9.80. The molecule has 100 valence electrons. The van der Waals surface area contributed by atoms with Crippen LogP contribution in [0, 0.1) is 18.8 Å². The first-order chi connectivity index (χ1) is 8.60. The number of alkyl halides is 1. The van der Waals surface area contributed by atoms with Gasteiger partial charge in [-0.05, 0) is 43.6 Å². The van der Waals surface area contributed by atoms with Crippen molar-refractivity contribution in [2.75, 3.05) is 0 Å². The second-order valence-electron chi connectivity index (χ2n) is 5.54. The Morgan fingerprint density at radius 1 is 1.28 bits per heavy atom. The Hall–Kier alpha value is -0.760. The largest absolute Gasteiger partial charge is 0.474 e. The number of hydrogen-bond donors (Lipinski definition) is 0. The SMILES string of the molecule is Cc1nc(OC2CCC(C)C(C)C2)ccc1CCl. The van der Waals surface area contributed by atoms with E-state index in [4.69, 9.17) is 16.3 Å². The molecule has 0 radical (unpaired) electrons. The van der Waals surface area contributed by atoms with Gasteiger partial charge in [0.15, 0.2) is 0 Å². The predicted molar refractivity (Wildman–Crippen MR) is 75.1 cm³/mol. The van der Waals surface area contributed by atoms with Crippen molar-refractivity contribution in [3.05, 3.63) is 23.4 Å². The minimum Gasteiger partial charge on any atom is -0.474 e. The van der Waals surface area contributed by atoms with Gasteiger partial charge >= 0.3 is 0 Å². The van der Waals surface area contributed by atoms with Crippen molar-refractivity contribution < 1.29 is 4.74 Å². The van der Waals surface area contributed by atoms with E-state index in [2.05, 4.69) is 18.8 Å². The van der Waals surface area contributed by atoms with Crippen LogP contribution in [0.2, 0.25) is 0 Å². The fourth-order valence-electron chi connectivity index (χ4n) is 2.55. The van der Waals surface area contributed by atoms with E-state index in [1.54, 1.807) is 0 Å². The smallest absolute Gasteiger partial charge is 0.213 e. The Bertz CT molecular complexity index is 407. The van der Waals surface area contributed by atoms with E-state index in [-0.39, 0.29) is 0 Å². The third-order valence-corrected chi connectivity index (χ3v) is 4.44. The van der Waals surface area contributed by atoms with Crippen LogP contribution >= 0.6 is 11.6 Å². The summed E-state index contributed by atoms with van der Waals surface area (Å²) >= 11 is 5.83. The number of aromatic nitrogens is 1. The van der Waals surface area contributed by atoms with Crippen LogP contribution in [0.25, 0.3) is 0 Å². The zero-order chi connectivity index (χ0) is 13.1. The number of rotatable bonds is 3. The molecule has 0 aliphatic heterocycles. The molecule has 0 aromatic carbocycles. The van der Waals surface area contributed by atoms with Crippen molar-refractivity contribution in [2.45, 2.75) is 52.0 Å². The molecular weight excluding hydrogens is 246 g/mol. The van der Waals surface area contributed by atoms with Gasteiger partial charge in [0.05, 0.1) is 0 Å². The Morgan fingerprint density at radius 3 is 2.67 bits per heavy atom. The van der Waals surface area contributed by atoms with Crippen LogP contribution in [0.15, 0.2) is 12.1 Å². The van der Waals surface area contributed by atoms with Crippen molar-refractivity contribution in [1.29, 1.82) is 0 Å². The molecule has 0 amide bonds. The lowest BCUT2D eigenvalue weighted by Crippen LogP contribution is -2.29. The maximum Gasteiger partial charge on any atom is 0.213 e. The first kappa shape index (κ1) is 13.7. The average molecular weight is 268 g/mol. The molecular formula is C15H22ClNO. The highest BCUT2D eigenvalue weighted by Crippen LogP contribution is 2.31. The molecule has 1 fully saturated rings. The third-order valence-electron chi connectivity index (χ3n) is 4.15. The van der Waals surface area contributed by atoms with Crippen molar-refractivity contribution >= 4 is 11.6 Å². The van der Waals surface area contributed by atoms with Gasteiger partial charge in [-0.15, -0.1) is 11.6 Å². The molecule has 0 saturated heterocycles.